The van der Waals surface area contributed by atoms with Gasteiger partial charge in [-0.3, -0.25) is 9.48 Å². The molecule has 3 aromatic rings. The number of hydrogen-bond acceptors (Lipinski definition) is 6. The summed E-state index contributed by atoms with van der Waals surface area (Å²) in [7, 11) is -1.65. The Kier molecular flexibility index (Phi) is 5.42. The number of aryl methyl sites for hydroxylation is 1. The standard InChI is InChI=1S/C22H22ClN3O5S/c1-22(2)12-15-18(30-17-6-5-14(11-16(17)23)32(4,28)29)9-13(10-19(15)31-22)21(27)24-20-7-8-26(3)25-20/h5-11H,12H2,1-4H3,(H,24,25,27). The third-order valence-corrected chi connectivity index (χ3v) is 6.33. The summed E-state index contributed by atoms with van der Waals surface area (Å²) in [6.07, 6.45) is 3.40. The lowest BCUT2D eigenvalue weighted by Crippen LogP contribution is -2.24. The van der Waals surface area contributed by atoms with Gasteiger partial charge in [0.2, 0.25) is 0 Å². The van der Waals surface area contributed by atoms with Crippen molar-refractivity contribution in [2.45, 2.75) is 30.8 Å². The molecule has 4 rings (SSSR count). The molecule has 0 unspecified atom stereocenters. The maximum absolute atomic E-state index is 12.8. The minimum atomic E-state index is -3.41. The number of carbonyl (C=O) groups is 1. The molecule has 0 spiro atoms. The Morgan fingerprint density at radius 3 is 2.59 bits per heavy atom. The first-order valence-corrected chi connectivity index (χ1v) is 12.0. The fourth-order valence-electron chi connectivity index (χ4n) is 3.45. The Morgan fingerprint density at radius 1 is 1.22 bits per heavy atom. The molecule has 8 nitrogen and oxygen atoms in total. The predicted octanol–water partition coefficient (Wildman–Crippen LogP) is 4.24. The van der Waals surface area contributed by atoms with E-state index in [0.717, 1.165) is 11.8 Å². The van der Waals surface area contributed by atoms with Crippen molar-refractivity contribution in [3.05, 3.63) is 58.7 Å². The van der Waals surface area contributed by atoms with Crippen LogP contribution in [0.5, 0.6) is 17.2 Å². The molecule has 168 valence electrons. The predicted molar refractivity (Wildman–Crippen MR) is 121 cm³/mol. The first-order valence-electron chi connectivity index (χ1n) is 9.76. The van der Waals surface area contributed by atoms with E-state index >= 15 is 0 Å². The van der Waals surface area contributed by atoms with E-state index in [9.17, 15) is 13.2 Å². The van der Waals surface area contributed by atoms with E-state index in [1.54, 1.807) is 36.1 Å². The molecule has 0 bridgehead atoms. The Morgan fingerprint density at radius 2 is 1.97 bits per heavy atom. The summed E-state index contributed by atoms with van der Waals surface area (Å²) in [5.74, 6) is 1.27. The third kappa shape index (κ3) is 4.58. The van der Waals surface area contributed by atoms with Gasteiger partial charge in [0.1, 0.15) is 22.8 Å². The minimum absolute atomic E-state index is 0.0908. The van der Waals surface area contributed by atoms with Crippen LogP contribution in [0.3, 0.4) is 0 Å². The van der Waals surface area contributed by atoms with Gasteiger partial charge in [-0.2, -0.15) is 5.10 Å². The van der Waals surface area contributed by atoms with Gasteiger partial charge in [0.15, 0.2) is 15.7 Å². The van der Waals surface area contributed by atoms with Crippen LogP contribution in [0.4, 0.5) is 5.82 Å². The van der Waals surface area contributed by atoms with Crippen LogP contribution >= 0.6 is 11.6 Å². The zero-order valence-corrected chi connectivity index (χ0v) is 19.5. The fourth-order valence-corrected chi connectivity index (χ4v) is 4.38. The average molecular weight is 476 g/mol. The highest BCUT2D eigenvalue weighted by atomic mass is 35.5. The second kappa shape index (κ2) is 7.83. The topological polar surface area (TPSA) is 99.5 Å². The molecule has 1 N–H and O–H groups in total. The summed E-state index contributed by atoms with van der Waals surface area (Å²) in [5.41, 5.74) is 0.652. The van der Waals surface area contributed by atoms with Gasteiger partial charge in [-0.1, -0.05) is 11.6 Å². The van der Waals surface area contributed by atoms with Crippen LogP contribution in [0, 0.1) is 0 Å². The molecule has 0 saturated carbocycles. The lowest BCUT2D eigenvalue weighted by Gasteiger charge is -2.16. The molecule has 2 aromatic carbocycles. The molecule has 2 heterocycles. The number of anilines is 1. The number of nitrogens with one attached hydrogen (secondary N) is 1. The van der Waals surface area contributed by atoms with Crippen molar-refractivity contribution in [1.82, 2.24) is 9.78 Å². The molecule has 1 aliphatic heterocycles. The number of rotatable bonds is 5. The number of ether oxygens (including phenoxy) is 2. The molecule has 0 fully saturated rings. The number of halogens is 1. The lowest BCUT2D eigenvalue weighted by atomic mass is 9.99. The molecule has 10 heteroatoms. The van der Waals surface area contributed by atoms with E-state index in [1.165, 1.54) is 18.2 Å². The Hall–Kier alpha value is -3.04. The summed E-state index contributed by atoms with van der Waals surface area (Å²) in [6, 6.07) is 9.23. The molecule has 1 amide bonds. The van der Waals surface area contributed by atoms with Gasteiger partial charge < -0.3 is 14.8 Å². The monoisotopic (exact) mass is 475 g/mol. The van der Waals surface area contributed by atoms with Gasteiger partial charge in [0, 0.05) is 43.1 Å². The first-order chi connectivity index (χ1) is 14.9. The number of hydrogen-bond donors (Lipinski definition) is 1. The summed E-state index contributed by atoms with van der Waals surface area (Å²) >= 11 is 6.29. The minimum Gasteiger partial charge on any atom is -0.487 e. The van der Waals surface area contributed by atoms with Crippen LogP contribution in [0.15, 0.2) is 47.5 Å². The van der Waals surface area contributed by atoms with Crippen LogP contribution in [-0.2, 0) is 23.3 Å². The lowest BCUT2D eigenvalue weighted by molar-refractivity contribution is 0.102. The SMILES string of the molecule is Cn1ccc(NC(=O)c2cc(Oc3ccc(S(C)(=O)=O)cc3Cl)c3c(c2)OC(C)(C)C3)n1. The van der Waals surface area contributed by atoms with E-state index in [-0.39, 0.29) is 21.6 Å². The molecule has 0 radical (unpaired) electrons. The Labute approximate surface area is 191 Å². The number of benzene rings is 2. The third-order valence-electron chi connectivity index (χ3n) is 4.93. The quantitative estimate of drug-likeness (QED) is 0.592. The van der Waals surface area contributed by atoms with E-state index in [0.29, 0.717) is 29.3 Å². The van der Waals surface area contributed by atoms with E-state index in [4.69, 9.17) is 21.1 Å². The van der Waals surface area contributed by atoms with Crippen molar-refractivity contribution in [2.24, 2.45) is 7.05 Å². The van der Waals surface area contributed by atoms with Crippen LogP contribution in [0.25, 0.3) is 0 Å². The number of amides is 1. The Bertz CT molecular complexity index is 1330. The zero-order chi connectivity index (χ0) is 23.3. The van der Waals surface area contributed by atoms with E-state index < -0.39 is 15.4 Å². The molecule has 0 atom stereocenters. The second-order valence-corrected chi connectivity index (χ2v) is 10.7. The summed E-state index contributed by atoms with van der Waals surface area (Å²) in [5, 5.41) is 7.04. The smallest absolute Gasteiger partial charge is 0.257 e. The number of carbonyl (C=O) groups excluding carboxylic acids is 1. The van der Waals surface area contributed by atoms with E-state index in [1.807, 2.05) is 13.8 Å². The number of nitrogens with zero attached hydrogens (tertiary/aromatic N) is 2. The number of aromatic nitrogens is 2. The molecule has 1 aromatic heterocycles. The molecular weight excluding hydrogens is 454 g/mol. The van der Waals surface area contributed by atoms with Gasteiger partial charge in [-0.25, -0.2) is 8.42 Å². The molecule has 0 aliphatic carbocycles. The van der Waals surface area contributed by atoms with Crippen LogP contribution in [0.1, 0.15) is 29.8 Å². The van der Waals surface area contributed by atoms with Gasteiger partial charge in [-0.15, -0.1) is 0 Å². The normalized spacial score (nSPS) is 14.5. The highest BCUT2D eigenvalue weighted by molar-refractivity contribution is 7.90. The Balaban J connectivity index is 1.71. The molecular formula is C22H22ClN3O5S. The van der Waals surface area contributed by atoms with Gasteiger partial charge in [0.05, 0.1) is 9.92 Å². The van der Waals surface area contributed by atoms with Crippen LogP contribution in [-0.4, -0.2) is 36.0 Å². The van der Waals surface area contributed by atoms with Crippen molar-refractivity contribution < 1.29 is 22.7 Å². The van der Waals surface area contributed by atoms with Crippen molar-refractivity contribution in [2.75, 3.05) is 11.6 Å². The van der Waals surface area contributed by atoms with Crippen molar-refractivity contribution in [1.29, 1.82) is 0 Å². The van der Waals surface area contributed by atoms with Gasteiger partial charge in [0.25, 0.3) is 5.91 Å². The van der Waals surface area contributed by atoms with Gasteiger partial charge >= 0.3 is 0 Å². The van der Waals surface area contributed by atoms with E-state index in [2.05, 4.69) is 10.4 Å². The van der Waals surface area contributed by atoms with Crippen molar-refractivity contribution in [3.8, 4) is 17.2 Å². The summed E-state index contributed by atoms with van der Waals surface area (Å²) in [6.45, 7) is 3.89. The second-order valence-electron chi connectivity index (χ2n) is 8.28. The van der Waals surface area contributed by atoms with Gasteiger partial charge in [-0.05, 0) is 44.2 Å². The highest BCUT2D eigenvalue weighted by Gasteiger charge is 2.34. The first kappa shape index (κ1) is 22.2. The van der Waals surface area contributed by atoms with Crippen LogP contribution in [0.2, 0.25) is 5.02 Å². The fraction of sp³-hybridized carbons (Fsp3) is 0.273. The maximum Gasteiger partial charge on any atom is 0.257 e. The van der Waals surface area contributed by atoms with Crippen molar-refractivity contribution >= 4 is 33.2 Å². The number of sulfone groups is 1. The summed E-state index contributed by atoms with van der Waals surface area (Å²) < 4.78 is 37.2. The average Bonchev–Trinajstić information content (AvgIpc) is 3.23. The van der Waals surface area contributed by atoms with Crippen LogP contribution < -0.4 is 14.8 Å². The molecule has 1 aliphatic rings. The van der Waals surface area contributed by atoms with Crippen molar-refractivity contribution in [3.63, 3.8) is 0 Å². The number of fused-ring (bicyclic) bond motifs is 1. The maximum atomic E-state index is 12.8. The highest BCUT2D eigenvalue weighted by Crippen LogP contribution is 2.44. The largest absolute Gasteiger partial charge is 0.487 e. The molecule has 32 heavy (non-hydrogen) atoms. The zero-order valence-electron chi connectivity index (χ0n) is 18.0. The molecule has 0 saturated heterocycles. The summed E-state index contributed by atoms with van der Waals surface area (Å²) in [4.78, 5) is 12.9.